The van der Waals surface area contributed by atoms with E-state index in [1.807, 2.05) is 18.2 Å². The Morgan fingerprint density at radius 1 is 0.950 bits per heavy atom. The molecule has 1 saturated carbocycles. The lowest BCUT2D eigenvalue weighted by Crippen LogP contribution is -2.02. The van der Waals surface area contributed by atoms with Gasteiger partial charge in [0, 0.05) is 17.4 Å². The first kappa shape index (κ1) is 13.9. The number of hydrogen-bond acceptors (Lipinski definition) is 0. The average Bonchev–Trinajstić information content (AvgIpc) is 2.59. The van der Waals surface area contributed by atoms with E-state index in [0.29, 0.717) is 9.58 Å². The largest absolute Gasteiger partial charge is 0.600 e. The Hall–Kier alpha value is -1.03. The second-order valence-corrected chi connectivity index (χ2v) is 7.51. The van der Waals surface area contributed by atoms with Crippen molar-refractivity contribution in [3.05, 3.63) is 35.2 Å². The summed E-state index contributed by atoms with van der Waals surface area (Å²) in [6, 6.07) is 8.82. The van der Waals surface area contributed by atoms with Crippen LogP contribution in [-0.2, 0) is 5.51 Å². The molecule has 1 heterocycles. The lowest BCUT2D eigenvalue weighted by molar-refractivity contribution is -0.0868. The van der Waals surface area contributed by atoms with Crippen molar-refractivity contribution in [2.75, 3.05) is 0 Å². The monoisotopic (exact) mass is 299 g/mol. The maximum Gasteiger partial charge on any atom is 0.600 e. The fraction of sp³-hybridized carbons (Fsp3) is 0.500. The lowest BCUT2D eigenvalue weighted by Gasteiger charge is -2.10. The maximum absolute atomic E-state index is 13.5. The minimum Gasteiger partial charge on any atom is -0.118 e. The van der Waals surface area contributed by atoms with E-state index >= 15 is 0 Å². The molecule has 0 N–H and O–H groups in total. The first-order chi connectivity index (χ1) is 9.57. The van der Waals surface area contributed by atoms with Gasteiger partial charge in [-0.3, -0.25) is 0 Å². The highest BCUT2D eigenvalue weighted by molar-refractivity contribution is 7.38. The van der Waals surface area contributed by atoms with Gasteiger partial charge >= 0.3 is 5.51 Å². The molecule has 0 saturated heterocycles. The quantitative estimate of drug-likeness (QED) is 0.416. The fourth-order valence-corrected chi connectivity index (χ4v) is 5.39. The van der Waals surface area contributed by atoms with Gasteiger partial charge < -0.3 is 0 Å². The van der Waals surface area contributed by atoms with E-state index in [0.717, 1.165) is 43.9 Å². The van der Waals surface area contributed by atoms with Crippen LogP contribution in [-0.4, -0.2) is 0 Å². The fourth-order valence-electron chi connectivity index (χ4n) is 3.23. The van der Waals surface area contributed by atoms with Gasteiger partial charge in [-0.2, -0.15) is 0 Å². The van der Waals surface area contributed by atoms with Crippen LogP contribution in [0.5, 0.6) is 0 Å². The van der Waals surface area contributed by atoms with Crippen molar-refractivity contribution in [1.82, 2.24) is 0 Å². The van der Waals surface area contributed by atoms with Crippen LogP contribution in [0.1, 0.15) is 49.3 Å². The summed E-state index contributed by atoms with van der Waals surface area (Å²) in [6.45, 7) is 0. The molecule has 1 fully saturated rings. The lowest BCUT2D eigenvalue weighted by atomic mass is 9.98. The minimum absolute atomic E-state index is 0.120. The van der Waals surface area contributed by atoms with Crippen molar-refractivity contribution < 1.29 is 13.2 Å². The van der Waals surface area contributed by atoms with Gasteiger partial charge in [0.15, 0.2) is 9.58 Å². The van der Waals surface area contributed by atoms with Gasteiger partial charge in [-0.05, 0) is 25.0 Å². The molecule has 0 bridgehead atoms. The third-order valence-corrected chi connectivity index (χ3v) is 6.36. The summed E-state index contributed by atoms with van der Waals surface area (Å²) in [5, 5.41) is 0.771. The summed E-state index contributed by atoms with van der Waals surface area (Å²) in [6.07, 6.45) is 6.28. The minimum atomic E-state index is -4.15. The second-order valence-electron chi connectivity index (χ2n) is 5.52. The zero-order valence-corrected chi connectivity index (χ0v) is 12.1. The van der Waals surface area contributed by atoms with Crippen LogP contribution in [0.25, 0.3) is 10.1 Å². The first-order valence-corrected chi connectivity index (χ1v) is 8.41. The Bertz CT molecular complexity index is 589. The van der Waals surface area contributed by atoms with Crippen molar-refractivity contribution in [1.29, 1.82) is 0 Å². The third-order valence-electron chi connectivity index (χ3n) is 4.16. The van der Waals surface area contributed by atoms with Crippen molar-refractivity contribution in [3.8, 4) is 0 Å². The smallest absolute Gasteiger partial charge is 0.118 e. The second kappa shape index (κ2) is 5.40. The molecule has 1 aromatic carbocycles. The molecule has 0 amide bonds. The molecule has 0 nitrogen and oxygen atoms in total. The van der Waals surface area contributed by atoms with Gasteiger partial charge in [0.1, 0.15) is 0 Å². The van der Waals surface area contributed by atoms with E-state index in [-0.39, 0.29) is 5.92 Å². The Morgan fingerprint density at radius 3 is 2.25 bits per heavy atom. The van der Waals surface area contributed by atoms with Crippen LogP contribution >= 0.6 is 10.5 Å². The molecule has 1 aromatic heterocycles. The molecule has 0 radical (unpaired) electrons. The number of alkyl halides is 3. The summed E-state index contributed by atoms with van der Waals surface area (Å²) in [5.74, 6) is 0.120. The van der Waals surface area contributed by atoms with E-state index in [4.69, 9.17) is 0 Å². The van der Waals surface area contributed by atoms with Gasteiger partial charge in [-0.15, -0.1) is 13.2 Å². The van der Waals surface area contributed by atoms with Gasteiger partial charge in [0.2, 0.25) is 0 Å². The number of benzene rings is 1. The first-order valence-electron chi connectivity index (χ1n) is 7.19. The molecule has 108 valence electrons. The third kappa shape index (κ3) is 2.58. The number of fused-ring (bicyclic) bond motifs is 1. The zero-order chi connectivity index (χ0) is 14.2. The number of hydrogen-bond donors (Lipinski definition) is 0. The Morgan fingerprint density at radius 2 is 1.60 bits per heavy atom. The van der Waals surface area contributed by atoms with Crippen LogP contribution in [0.3, 0.4) is 0 Å². The molecule has 1 aliphatic rings. The summed E-state index contributed by atoms with van der Waals surface area (Å²) in [7, 11) is -1.70. The molecule has 20 heavy (non-hydrogen) atoms. The molecular formula is C16H18F3S+. The van der Waals surface area contributed by atoms with Crippen LogP contribution < -0.4 is 0 Å². The normalized spacial score (nSPS) is 19.2. The van der Waals surface area contributed by atoms with Gasteiger partial charge in [0.05, 0.1) is 10.5 Å². The molecule has 1 atom stereocenters. The van der Waals surface area contributed by atoms with E-state index in [1.54, 1.807) is 12.1 Å². The van der Waals surface area contributed by atoms with Gasteiger partial charge in [-0.25, -0.2) is 0 Å². The van der Waals surface area contributed by atoms with Crippen LogP contribution in [0, 0.1) is 0 Å². The Balaban J connectivity index is 2.13. The summed E-state index contributed by atoms with van der Waals surface area (Å²) >= 11 is 0. The number of thiophene rings is 1. The molecule has 0 aliphatic heterocycles. The van der Waals surface area contributed by atoms with Crippen LogP contribution in [0.2, 0.25) is 0 Å². The highest BCUT2D eigenvalue weighted by Gasteiger charge is 2.49. The molecule has 4 heteroatoms. The van der Waals surface area contributed by atoms with Gasteiger partial charge in [-0.1, -0.05) is 37.8 Å². The van der Waals surface area contributed by atoms with E-state index < -0.39 is 16.0 Å². The summed E-state index contributed by atoms with van der Waals surface area (Å²) < 4.78 is 41.0. The van der Waals surface area contributed by atoms with Crippen LogP contribution in [0.15, 0.2) is 30.3 Å². The highest BCUT2D eigenvalue weighted by Crippen LogP contribution is 2.54. The molecule has 1 aliphatic carbocycles. The predicted molar refractivity (Wildman–Crippen MR) is 78.2 cm³/mol. The van der Waals surface area contributed by atoms with Gasteiger partial charge in [0.25, 0.3) is 0 Å². The summed E-state index contributed by atoms with van der Waals surface area (Å²) in [5.41, 5.74) is -4.15. The van der Waals surface area contributed by atoms with E-state index in [1.165, 1.54) is 0 Å². The van der Waals surface area contributed by atoms with Crippen molar-refractivity contribution >= 4 is 20.6 Å². The number of halogens is 3. The van der Waals surface area contributed by atoms with E-state index in [2.05, 4.69) is 0 Å². The average molecular weight is 299 g/mol. The predicted octanol–water partition coefficient (Wildman–Crippen LogP) is 6.50. The highest BCUT2D eigenvalue weighted by atomic mass is 32.2. The maximum atomic E-state index is 13.5. The SMILES string of the molecule is FC(F)(F)[s+]1c(C2CCCCCC2)cc2ccccc21. The van der Waals surface area contributed by atoms with Crippen LogP contribution in [0.4, 0.5) is 13.2 Å². The Labute approximate surface area is 119 Å². The van der Waals surface area contributed by atoms with Crippen molar-refractivity contribution in [2.24, 2.45) is 0 Å². The zero-order valence-electron chi connectivity index (χ0n) is 11.2. The molecule has 3 rings (SSSR count). The van der Waals surface area contributed by atoms with Crippen molar-refractivity contribution in [2.45, 2.75) is 50.0 Å². The standard InChI is InChI=1S/C16H18F3S/c17-16(18,19)20-14-10-6-5-9-13(14)11-15(20)12-7-3-1-2-4-8-12/h5-6,9-12H,1-4,7-8H2/q+1. The Kier molecular flexibility index (Phi) is 3.76. The topological polar surface area (TPSA) is 0 Å². The molecule has 0 spiro atoms. The van der Waals surface area contributed by atoms with Crippen molar-refractivity contribution in [3.63, 3.8) is 0 Å². The van der Waals surface area contributed by atoms with E-state index in [9.17, 15) is 13.2 Å². The summed E-state index contributed by atoms with van der Waals surface area (Å²) in [4.78, 5) is 0.639. The molecular weight excluding hydrogens is 281 g/mol. The number of rotatable bonds is 1. The molecule has 1 unspecified atom stereocenters. The molecule has 2 aromatic rings.